The van der Waals surface area contributed by atoms with E-state index in [-0.39, 0.29) is 12.5 Å². The first-order chi connectivity index (χ1) is 10.1. The van der Waals surface area contributed by atoms with Crippen LogP contribution in [0.3, 0.4) is 0 Å². The molecule has 0 heterocycles. The highest BCUT2D eigenvalue weighted by Crippen LogP contribution is 2.21. The molecule has 1 rings (SSSR count). The van der Waals surface area contributed by atoms with E-state index in [0.29, 0.717) is 6.54 Å². The van der Waals surface area contributed by atoms with Gasteiger partial charge in [0.05, 0.1) is 19.1 Å². The molecule has 1 aromatic carbocycles. The van der Waals surface area contributed by atoms with Gasteiger partial charge in [-0.1, -0.05) is 18.8 Å². The molecule has 1 atom stereocenters. The summed E-state index contributed by atoms with van der Waals surface area (Å²) in [4.78, 5) is 2.20. The van der Waals surface area contributed by atoms with E-state index in [0.717, 1.165) is 30.0 Å². The molecule has 0 aliphatic heterocycles. The summed E-state index contributed by atoms with van der Waals surface area (Å²) in [5.74, 6) is 6.36. The molecule has 0 aliphatic rings. The van der Waals surface area contributed by atoms with Gasteiger partial charge in [-0.3, -0.25) is 4.90 Å². The highest BCUT2D eigenvalue weighted by Gasteiger charge is 2.12. The predicted molar refractivity (Wildman–Crippen MR) is 82.7 cm³/mol. The number of nitriles is 1. The van der Waals surface area contributed by atoms with Crippen LogP contribution in [0.2, 0.25) is 0 Å². The van der Waals surface area contributed by atoms with Crippen molar-refractivity contribution in [1.82, 2.24) is 4.90 Å². The van der Waals surface area contributed by atoms with Gasteiger partial charge in [0.25, 0.3) is 0 Å². The molecule has 0 bridgehead atoms. The zero-order valence-electron chi connectivity index (χ0n) is 12.9. The van der Waals surface area contributed by atoms with Crippen LogP contribution in [0.15, 0.2) is 18.2 Å². The Labute approximate surface area is 127 Å². The highest BCUT2D eigenvalue weighted by molar-refractivity contribution is 5.44. The molecule has 0 saturated heterocycles. The lowest BCUT2D eigenvalue weighted by atomic mass is 10.1. The molecule has 0 saturated carbocycles. The summed E-state index contributed by atoms with van der Waals surface area (Å²) in [6.07, 6.45) is 0. The number of ether oxygens (including phenoxy) is 1. The quantitative estimate of drug-likeness (QED) is 0.813. The van der Waals surface area contributed by atoms with Gasteiger partial charge in [-0.15, -0.1) is 0 Å². The molecule has 0 radical (unpaired) electrons. The van der Waals surface area contributed by atoms with E-state index >= 15 is 0 Å². The Hall–Kier alpha value is -2.01. The molecule has 21 heavy (non-hydrogen) atoms. The molecule has 4 nitrogen and oxygen atoms in total. The molecule has 4 heteroatoms. The molecular weight excluding hydrogens is 264 g/mol. The van der Waals surface area contributed by atoms with E-state index < -0.39 is 0 Å². The number of nitrogens with zero attached hydrogens (tertiary/aromatic N) is 2. The standard InChI is InChI=1S/C17H22N2O2/c1-4-19(12-14(2)11-18)13-16-10-15(6-5-9-20)7-8-17(16)21-3/h7-8,10,14,20H,4,9,12-13H2,1-3H3. The van der Waals surface area contributed by atoms with E-state index in [1.807, 2.05) is 25.1 Å². The molecule has 0 aliphatic carbocycles. The molecule has 1 unspecified atom stereocenters. The normalized spacial score (nSPS) is 11.4. The fraction of sp³-hybridized carbons (Fsp3) is 0.471. The number of aliphatic hydroxyl groups excluding tert-OH is 1. The molecule has 0 aromatic heterocycles. The van der Waals surface area contributed by atoms with Crippen LogP contribution >= 0.6 is 0 Å². The fourth-order valence-corrected chi connectivity index (χ4v) is 2.10. The number of rotatable bonds is 6. The molecule has 1 N–H and O–H groups in total. The zero-order valence-corrected chi connectivity index (χ0v) is 12.9. The summed E-state index contributed by atoms with van der Waals surface area (Å²) < 4.78 is 5.39. The summed E-state index contributed by atoms with van der Waals surface area (Å²) in [6, 6.07) is 8.00. The maximum atomic E-state index is 8.94. The number of aliphatic hydroxyl groups is 1. The van der Waals surface area contributed by atoms with Gasteiger partial charge < -0.3 is 9.84 Å². The summed E-state index contributed by atoms with van der Waals surface area (Å²) >= 11 is 0. The summed E-state index contributed by atoms with van der Waals surface area (Å²) in [5, 5.41) is 17.7. The first-order valence-electron chi connectivity index (χ1n) is 7.03. The van der Waals surface area contributed by atoms with Gasteiger partial charge in [0, 0.05) is 24.2 Å². The third-order valence-electron chi connectivity index (χ3n) is 3.19. The Bertz CT molecular complexity index is 552. The van der Waals surface area contributed by atoms with Crippen LogP contribution in [0.5, 0.6) is 5.75 Å². The lowest BCUT2D eigenvalue weighted by Crippen LogP contribution is -2.27. The average molecular weight is 286 g/mol. The summed E-state index contributed by atoms with van der Waals surface area (Å²) in [6.45, 7) is 6.14. The van der Waals surface area contributed by atoms with Crippen molar-refractivity contribution in [2.24, 2.45) is 5.92 Å². The predicted octanol–water partition coefficient (Wildman–Crippen LogP) is 2.02. The van der Waals surface area contributed by atoms with Crippen molar-refractivity contribution in [3.8, 4) is 23.7 Å². The van der Waals surface area contributed by atoms with Gasteiger partial charge in [-0.05, 0) is 31.7 Å². The van der Waals surface area contributed by atoms with E-state index in [1.54, 1.807) is 7.11 Å². The fourth-order valence-electron chi connectivity index (χ4n) is 2.10. The Kier molecular flexibility index (Phi) is 7.32. The van der Waals surface area contributed by atoms with E-state index in [1.165, 1.54) is 0 Å². The lowest BCUT2D eigenvalue weighted by molar-refractivity contribution is 0.256. The van der Waals surface area contributed by atoms with Crippen molar-refractivity contribution >= 4 is 0 Å². The molecular formula is C17H22N2O2. The third-order valence-corrected chi connectivity index (χ3v) is 3.19. The molecule has 0 spiro atoms. The second-order valence-electron chi connectivity index (χ2n) is 4.84. The monoisotopic (exact) mass is 286 g/mol. The van der Waals surface area contributed by atoms with Crippen LogP contribution in [0, 0.1) is 29.1 Å². The van der Waals surface area contributed by atoms with Gasteiger partial charge >= 0.3 is 0 Å². The maximum Gasteiger partial charge on any atom is 0.123 e. The van der Waals surface area contributed by atoms with Crippen molar-refractivity contribution in [3.05, 3.63) is 29.3 Å². The van der Waals surface area contributed by atoms with Gasteiger partial charge in [0.1, 0.15) is 12.4 Å². The van der Waals surface area contributed by atoms with Crippen molar-refractivity contribution in [3.63, 3.8) is 0 Å². The van der Waals surface area contributed by atoms with Gasteiger partial charge in [0.2, 0.25) is 0 Å². The van der Waals surface area contributed by atoms with Crippen LogP contribution in [0.25, 0.3) is 0 Å². The van der Waals surface area contributed by atoms with Crippen LogP contribution in [-0.2, 0) is 6.54 Å². The third kappa shape index (κ3) is 5.47. The Morgan fingerprint density at radius 2 is 2.19 bits per heavy atom. The smallest absolute Gasteiger partial charge is 0.123 e. The minimum Gasteiger partial charge on any atom is -0.496 e. The molecule has 0 fully saturated rings. The van der Waals surface area contributed by atoms with Gasteiger partial charge in [-0.25, -0.2) is 0 Å². The first kappa shape index (κ1) is 17.0. The van der Waals surface area contributed by atoms with Crippen molar-refractivity contribution in [2.45, 2.75) is 20.4 Å². The largest absolute Gasteiger partial charge is 0.496 e. The van der Waals surface area contributed by atoms with Crippen LogP contribution in [-0.4, -0.2) is 36.8 Å². The SMILES string of the molecule is CCN(Cc1cc(C#CCO)ccc1OC)CC(C)C#N. The van der Waals surface area contributed by atoms with Crippen LogP contribution in [0.1, 0.15) is 25.0 Å². The van der Waals surface area contributed by atoms with Crippen LogP contribution < -0.4 is 4.74 Å². The number of benzene rings is 1. The second-order valence-corrected chi connectivity index (χ2v) is 4.84. The van der Waals surface area contributed by atoms with E-state index in [2.05, 4.69) is 29.7 Å². The minimum absolute atomic E-state index is 0.00620. The van der Waals surface area contributed by atoms with Gasteiger partial charge in [0.15, 0.2) is 0 Å². The Morgan fingerprint density at radius 1 is 1.43 bits per heavy atom. The van der Waals surface area contributed by atoms with E-state index in [9.17, 15) is 0 Å². The lowest BCUT2D eigenvalue weighted by Gasteiger charge is -2.22. The van der Waals surface area contributed by atoms with E-state index in [4.69, 9.17) is 15.1 Å². The summed E-state index contributed by atoms with van der Waals surface area (Å²) in [7, 11) is 1.64. The Balaban J connectivity index is 2.95. The second kappa shape index (κ2) is 9.02. The first-order valence-corrected chi connectivity index (χ1v) is 7.03. The molecule has 1 aromatic rings. The number of hydrogen-bond donors (Lipinski definition) is 1. The summed E-state index contributed by atoms with van der Waals surface area (Å²) in [5.41, 5.74) is 1.89. The number of hydrogen-bond acceptors (Lipinski definition) is 4. The maximum absolute atomic E-state index is 8.94. The highest BCUT2D eigenvalue weighted by atomic mass is 16.5. The average Bonchev–Trinajstić information content (AvgIpc) is 2.52. The van der Waals surface area contributed by atoms with Gasteiger partial charge in [-0.2, -0.15) is 5.26 Å². The molecule has 112 valence electrons. The van der Waals surface area contributed by atoms with Crippen molar-refractivity contribution in [1.29, 1.82) is 5.26 Å². The van der Waals surface area contributed by atoms with Crippen LogP contribution in [0.4, 0.5) is 0 Å². The topological polar surface area (TPSA) is 56.5 Å². The minimum atomic E-state index is -0.151. The molecule has 0 amide bonds. The van der Waals surface area contributed by atoms with Crippen molar-refractivity contribution < 1.29 is 9.84 Å². The Morgan fingerprint density at radius 3 is 2.76 bits per heavy atom. The zero-order chi connectivity index (χ0) is 15.7. The van der Waals surface area contributed by atoms with Crippen molar-refractivity contribution in [2.75, 3.05) is 26.8 Å². The number of methoxy groups -OCH3 is 1.